The van der Waals surface area contributed by atoms with E-state index < -0.39 is 0 Å². The zero-order valence-electron chi connectivity index (χ0n) is 9.99. The lowest BCUT2D eigenvalue weighted by atomic mass is 10.2. The molecule has 1 heterocycles. The fourth-order valence-electron chi connectivity index (χ4n) is 1.31. The van der Waals surface area contributed by atoms with Gasteiger partial charge >= 0.3 is 0 Å². The molecule has 0 atom stereocenters. The molecule has 3 nitrogen and oxygen atoms in total. The lowest BCUT2D eigenvalue weighted by Crippen LogP contribution is -1.96. The number of rotatable bonds is 4. The molecule has 1 aromatic heterocycles. The van der Waals surface area contributed by atoms with Gasteiger partial charge in [-0.1, -0.05) is 20.4 Å². The zero-order valence-corrected chi connectivity index (χ0v) is 9.99. The smallest absolute Gasteiger partial charge is 0.130 e. The normalized spacial score (nSPS) is 11.5. The molecule has 0 fully saturated rings. The fourth-order valence-corrected chi connectivity index (χ4v) is 1.31. The van der Waals surface area contributed by atoms with Crippen LogP contribution in [0.1, 0.15) is 31.8 Å². The Morgan fingerprint density at radius 1 is 1.60 bits per heavy atom. The van der Waals surface area contributed by atoms with Crippen molar-refractivity contribution in [3.63, 3.8) is 0 Å². The molecular weight excluding hydrogens is 186 g/mol. The molecule has 0 spiro atoms. The van der Waals surface area contributed by atoms with Crippen LogP contribution in [0.15, 0.2) is 17.8 Å². The Balaban J connectivity index is 2.69. The molecule has 82 valence electrons. The summed E-state index contributed by atoms with van der Waals surface area (Å²) in [7, 11) is 0. The quantitative estimate of drug-likeness (QED) is 0.695. The third-order valence-electron chi connectivity index (χ3n) is 2.10. The summed E-state index contributed by atoms with van der Waals surface area (Å²) in [6, 6.07) is 0. The first-order valence-corrected chi connectivity index (χ1v) is 5.25. The first-order chi connectivity index (χ1) is 7.00. The van der Waals surface area contributed by atoms with Crippen molar-refractivity contribution in [1.29, 1.82) is 0 Å². The summed E-state index contributed by atoms with van der Waals surface area (Å²) in [6.07, 6.45) is 4.85. The van der Waals surface area contributed by atoms with Crippen molar-refractivity contribution in [3.8, 4) is 0 Å². The van der Waals surface area contributed by atoms with E-state index in [2.05, 4.69) is 30.4 Å². The maximum Gasteiger partial charge on any atom is 0.130 e. The van der Waals surface area contributed by atoms with Crippen molar-refractivity contribution in [3.05, 3.63) is 24.3 Å². The van der Waals surface area contributed by atoms with Gasteiger partial charge in [-0.05, 0) is 26.2 Å². The van der Waals surface area contributed by atoms with Crippen molar-refractivity contribution < 1.29 is 0 Å². The Labute approximate surface area is 91.6 Å². The van der Waals surface area contributed by atoms with E-state index in [-0.39, 0.29) is 0 Å². The molecule has 0 bridgehead atoms. The number of aliphatic imine (C=N–C) groups is 1. The van der Waals surface area contributed by atoms with E-state index >= 15 is 0 Å². The van der Waals surface area contributed by atoms with Gasteiger partial charge in [-0.15, -0.1) is 0 Å². The molecule has 0 radical (unpaired) electrons. The minimum absolute atomic E-state index is 0.632. The van der Waals surface area contributed by atoms with Gasteiger partial charge in [0, 0.05) is 12.4 Å². The van der Waals surface area contributed by atoms with Gasteiger partial charge in [-0.2, -0.15) is 0 Å². The van der Waals surface area contributed by atoms with Crippen molar-refractivity contribution in [1.82, 2.24) is 9.55 Å². The molecule has 0 aromatic carbocycles. The van der Waals surface area contributed by atoms with Gasteiger partial charge in [0.1, 0.15) is 11.6 Å². The van der Waals surface area contributed by atoms with Gasteiger partial charge in [-0.3, -0.25) is 4.57 Å². The van der Waals surface area contributed by atoms with E-state index in [0.29, 0.717) is 5.92 Å². The van der Waals surface area contributed by atoms with Crippen LogP contribution in [0, 0.1) is 19.8 Å². The Bertz CT molecular complexity index is 372. The Hall–Kier alpha value is -1.38. The van der Waals surface area contributed by atoms with Crippen LogP contribution in [0.2, 0.25) is 0 Å². The lowest BCUT2D eigenvalue weighted by Gasteiger charge is -2.03. The Kier molecular flexibility index (Phi) is 3.83. The van der Waals surface area contributed by atoms with Gasteiger partial charge in [0.25, 0.3) is 0 Å². The molecule has 0 aliphatic rings. The Morgan fingerprint density at radius 3 is 2.73 bits per heavy atom. The first kappa shape index (κ1) is 11.7. The topological polar surface area (TPSA) is 30.2 Å². The fraction of sp³-hybridized carbons (Fsp3) is 0.500. The van der Waals surface area contributed by atoms with Crippen molar-refractivity contribution in [2.45, 2.75) is 34.1 Å². The van der Waals surface area contributed by atoms with E-state index in [1.54, 1.807) is 0 Å². The molecule has 1 aromatic rings. The summed E-state index contributed by atoms with van der Waals surface area (Å²) >= 11 is 0. The summed E-state index contributed by atoms with van der Waals surface area (Å²) in [6.45, 7) is 12.2. The van der Waals surface area contributed by atoms with Gasteiger partial charge < -0.3 is 0 Å². The van der Waals surface area contributed by atoms with Crippen LogP contribution in [0.5, 0.6) is 0 Å². The summed E-state index contributed by atoms with van der Waals surface area (Å²) in [5, 5.41) is 0. The molecule has 0 amide bonds. The van der Waals surface area contributed by atoms with E-state index in [1.165, 1.54) is 0 Å². The number of hydrogen-bond acceptors (Lipinski definition) is 2. The second-order valence-corrected chi connectivity index (χ2v) is 4.16. The van der Waals surface area contributed by atoms with Gasteiger partial charge in [0.2, 0.25) is 0 Å². The minimum Gasteiger partial charge on any atom is -0.288 e. The third kappa shape index (κ3) is 3.35. The van der Waals surface area contributed by atoms with E-state index in [9.17, 15) is 0 Å². The predicted molar refractivity (Wildman–Crippen MR) is 65.0 cm³/mol. The minimum atomic E-state index is 0.632. The molecule has 0 aliphatic carbocycles. The van der Waals surface area contributed by atoms with Crippen LogP contribution >= 0.6 is 0 Å². The Morgan fingerprint density at radius 2 is 2.27 bits per heavy atom. The molecule has 3 heteroatoms. The van der Waals surface area contributed by atoms with Crippen LogP contribution in [0.25, 0.3) is 5.82 Å². The van der Waals surface area contributed by atoms with Crippen LogP contribution in [-0.4, -0.2) is 15.8 Å². The lowest BCUT2D eigenvalue weighted by molar-refractivity contribution is 0.690. The van der Waals surface area contributed by atoms with Crippen LogP contribution in [0.3, 0.4) is 0 Å². The molecule has 0 unspecified atom stereocenters. The molecular formula is C12H19N3. The molecule has 0 saturated carbocycles. The van der Waals surface area contributed by atoms with Crippen LogP contribution in [-0.2, 0) is 0 Å². The average Bonchev–Trinajstić information content (AvgIpc) is 2.44. The molecule has 1 rings (SSSR count). The highest BCUT2D eigenvalue weighted by molar-refractivity contribution is 5.65. The maximum atomic E-state index is 4.31. The highest BCUT2D eigenvalue weighted by atomic mass is 15.1. The number of hydrogen-bond donors (Lipinski definition) is 0. The van der Waals surface area contributed by atoms with Crippen molar-refractivity contribution in [2.75, 3.05) is 0 Å². The van der Waals surface area contributed by atoms with E-state index in [1.807, 2.05) is 30.8 Å². The number of aryl methyl sites for hydroxylation is 2. The van der Waals surface area contributed by atoms with E-state index in [0.717, 1.165) is 23.8 Å². The maximum absolute atomic E-state index is 4.31. The molecule has 15 heavy (non-hydrogen) atoms. The average molecular weight is 205 g/mol. The SMILES string of the molecule is C=C(N=CCC(C)C)n1cc(C)nc1C. The molecule has 0 N–H and O–H groups in total. The summed E-state index contributed by atoms with van der Waals surface area (Å²) < 4.78 is 1.91. The van der Waals surface area contributed by atoms with E-state index in [4.69, 9.17) is 0 Å². The summed E-state index contributed by atoms with van der Waals surface area (Å²) in [5.41, 5.74) is 0.993. The molecule has 0 aliphatic heterocycles. The largest absolute Gasteiger partial charge is 0.288 e. The van der Waals surface area contributed by atoms with Gasteiger partial charge in [-0.25, -0.2) is 9.98 Å². The summed E-state index contributed by atoms with van der Waals surface area (Å²) in [4.78, 5) is 8.62. The second kappa shape index (κ2) is 4.91. The van der Waals surface area contributed by atoms with Crippen molar-refractivity contribution >= 4 is 12.0 Å². The highest BCUT2D eigenvalue weighted by Crippen LogP contribution is 2.09. The number of nitrogens with zero attached hydrogens (tertiary/aromatic N) is 3. The summed E-state index contributed by atoms with van der Waals surface area (Å²) in [5.74, 6) is 2.29. The number of imidazole rings is 1. The number of aromatic nitrogens is 2. The monoisotopic (exact) mass is 205 g/mol. The zero-order chi connectivity index (χ0) is 11.4. The van der Waals surface area contributed by atoms with Crippen molar-refractivity contribution in [2.24, 2.45) is 10.9 Å². The predicted octanol–water partition coefficient (Wildman–Crippen LogP) is 3.05. The van der Waals surface area contributed by atoms with Gasteiger partial charge in [0.15, 0.2) is 0 Å². The van der Waals surface area contributed by atoms with Gasteiger partial charge in [0.05, 0.1) is 5.69 Å². The second-order valence-electron chi connectivity index (χ2n) is 4.16. The highest BCUT2D eigenvalue weighted by Gasteiger charge is 2.01. The third-order valence-corrected chi connectivity index (χ3v) is 2.10. The first-order valence-electron chi connectivity index (χ1n) is 5.25. The van der Waals surface area contributed by atoms with Crippen LogP contribution < -0.4 is 0 Å². The van der Waals surface area contributed by atoms with Crippen LogP contribution in [0.4, 0.5) is 0 Å². The standard InChI is InChI=1S/C12H19N3/c1-9(2)6-7-13-11(4)15-8-10(3)14-12(15)5/h7-9H,4,6H2,1-3,5H3. The molecule has 0 saturated heterocycles.